The number of anilines is 1. The first-order valence-electron chi connectivity index (χ1n) is 4.81. The van der Waals surface area contributed by atoms with Crippen molar-refractivity contribution < 1.29 is 13.6 Å². The topological polar surface area (TPSA) is 59.8 Å². The van der Waals surface area contributed by atoms with E-state index in [1.165, 1.54) is 29.5 Å². The number of amides is 1. The van der Waals surface area contributed by atoms with E-state index in [0.29, 0.717) is 10.7 Å². The van der Waals surface area contributed by atoms with Crippen LogP contribution in [-0.2, 0) is 4.79 Å². The molecule has 0 saturated heterocycles. The molecule has 0 radical (unpaired) electrons. The molecule has 1 aromatic carbocycles. The van der Waals surface area contributed by atoms with Gasteiger partial charge in [0.2, 0.25) is 0 Å². The zero-order valence-electron chi connectivity index (χ0n) is 8.85. The van der Waals surface area contributed by atoms with E-state index in [0.717, 1.165) is 0 Å². The van der Waals surface area contributed by atoms with Crippen LogP contribution in [0.25, 0.3) is 5.69 Å². The molecule has 8 heteroatoms. The van der Waals surface area contributed by atoms with Gasteiger partial charge in [0.25, 0.3) is 5.91 Å². The average molecular weight is 273 g/mol. The summed E-state index contributed by atoms with van der Waals surface area (Å²) in [6.45, 7) is 0. The maximum absolute atomic E-state index is 12.2. The van der Waals surface area contributed by atoms with Crippen LogP contribution in [0.2, 0.25) is 5.02 Å². The van der Waals surface area contributed by atoms with E-state index >= 15 is 0 Å². The van der Waals surface area contributed by atoms with Gasteiger partial charge in [0, 0.05) is 5.02 Å². The van der Waals surface area contributed by atoms with Crippen molar-refractivity contribution >= 4 is 23.2 Å². The van der Waals surface area contributed by atoms with E-state index in [-0.39, 0.29) is 5.69 Å². The van der Waals surface area contributed by atoms with E-state index in [9.17, 15) is 13.6 Å². The quantitative estimate of drug-likeness (QED) is 0.931. The highest BCUT2D eigenvalue weighted by molar-refractivity contribution is 6.31. The van der Waals surface area contributed by atoms with Gasteiger partial charge in [0.05, 0.1) is 11.4 Å². The molecular weight excluding hydrogens is 266 g/mol. The second-order valence-corrected chi connectivity index (χ2v) is 3.73. The van der Waals surface area contributed by atoms with Gasteiger partial charge in [0.15, 0.2) is 0 Å². The zero-order chi connectivity index (χ0) is 13.1. The van der Waals surface area contributed by atoms with Crippen molar-refractivity contribution in [2.45, 2.75) is 6.43 Å². The molecule has 1 N–H and O–H groups in total. The highest BCUT2D eigenvalue weighted by atomic mass is 35.5. The van der Waals surface area contributed by atoms with Crippen molar-refractivity contribution in [1.82, 2.24) is 14.8 Å². The van der Waals surface area contributed by atoms with E-state index in [1.807, 2.05) is 0 Å². The largest absolute Gasteiger partial charge is 0.319 e. The first-order valence-corrected chi connectivity index (χ1v) is 5.19. The Morgan fingerprint density at radius 3 is 2.83 bits per heavy atom. The van der Waals surface area contributed by atoms with Crippen LogP contribution in [0.1, 0.15) is 0 Å². The SMILES string of the molecule is O=C(Nc1cc(Cl)ccc1-n1cncn1)C(F)F. The molecule has 0 aliphatic rings. The number of aromatic nitrogens is 3. The Morgan fingerprint density at radius 1 is 1.44 bits per heavy atom. The summed E-state index contributed by atoms with van der Waals surface area (Å²) < 4.78 is 25.7. The lowest BCUT2D eigenvalue weighted by molar-refractivity contribution is -0.126. The molecule has 0 bridgehead atoms. The molecule has 5 nitrogen and oxygen atoms in total. The minimum atomic E-state index is -3.10. The van der Waals surface area contributed by atoms with E-state index < -0.39 is 12.3 Å². The van der Waals surface area contributed by atoms with Gasteiger partial charge in [-0.25, -0.2) is 9.67 Å². The van der Waals surface area contributed by atoms with Gasteiger partial charge in [-0.1, -0.05) is 11.6 Å². The Bertz CT molecular complexity index is 559. The molecule has 1 amide bonds. The van der Waals surface area contributed by atoms with Crippen molar-refractivity contribution in [3.8, 4) is 5.69 Å². The summed E-state index contributed by atoms with van der Waals surface area (Å²) in [5.74, 6) is -1.40. The third-order valence-electron chi connectivity index (χ3n) is 2.08. The molecule has 2 aromatic rings. The number of halogens is 3. The Balaban J connectivity index is 2.39. The van der Waals surface area contributed by atoms with Crippen molar-refractivity contribution in [2.75, 3.05) is 5.32 Å². The summed E-state index contributed by atoms with van der Waals surface area (Å²) in [6.07, 6.45) is -0.443. The molecule has 0 aliphatic heterocycles. The summed E-state index contributed by atoms with van der Waals surface area (Å²) in [4.78, 5) is 14.7. The molecule has 0 fully saturated rings. The summed E-state index contributed by atoms with van der Waals surface area (Å²) in [5, 5.41) is 6.24. The maximum atomic E-state index is 12.2. The number of benzene rings is 1. The zero-order valence-corrected chi connectivity index (χ0v) is 9.60. The van der Waals surface area contributed by atoms with Crippen molar-refractivity contribution in [3.05, 3.63) is 35.9 Å². The Morgan fingerprint density at radius 2 is 2.22 bits per heavy atom. The van der Waals surface area contributed by atoms with Gasteiger partial charge in [-0.2, -0.15) is 13.9 Å². The van der Waals surface area contributed by atoms with E-state index in [4.69, 9.17) is 11.6 Å². The molecule has 94 valence electrons. The summed E-state index contributed by atoms with van der Waals surface area (Å²) in [7, 11) is 0. The van der Waals surface area contributed by atoms with Gasteiger partial charge < -0.3 is 5.32 Å². The number of rotatable bonds is 3. The molecule has 0 atom stereocenters. The fourth-order valence-electron chi connectivity index (χ4n) is 1.33. The third kappa shape index (κ3) is 2.62. The molecular formula is C10H7ClF2N4O. The van der Waals surface area contributed by atoms with Crippen LogP contribution in [0.15, 0.2) is 30.9 Å². The summed E-state index contributed by atoms with van der Waals surface area (Å²) >= 11 is 5.76. The summed E-state index contributed by atoms with van der Waals surface area (Å²) in [6, 6.07) is 4.45. The number of nitrogens with zero attached hydrogens (tertiary/aromatic N) is 3. The van der Waals surface area contributed by atoms with Crippen molar-refractivity contribution in [1.29, 1.82) is 0 Å². The van der Waals surface area contributed by atoms with Crippen LogP contribution in [0.5, 0.6) is 0 Å². The Kier molecular flexibility index (Phi) is 3.52. The van der Waals surface area contributed by atoms with Gasteiger partial charge in [-0.05, 0) is 18.2 Å². The van der Waals surface area contributed by atoms with Crippen LogP contribution in [0.4, 0.5) is 14.5 Å². The molecule has 1 aromatic heterocycles. The Hall–Kier alpha value is -2.02. The lowest BCUT2D eigenvalue weighted by atomic mass is 10.2. The predicted octanol–water partition coefficient (Wildman–Crippen LogP) is 2.12. The van der Waals surface area contributed by atoms with E-state index in [1.54, 1.807) is 6.07 Å². The molecule has 0 aliphatic carbocycles. The third-order valence-corrected chi connectivity index (χ3v) is 2.32. The number of nitrogens with one attached hydrogen (secondary N) is 1. The molecule has 0 spiro atoms. The number of carbonyl (C=O) groups excluding carboxylic acids is 1. The molecule has 18 heavy (non-hydrogen) atoms. The molecule has 0 saturated carbocycles. The average Bonchev–Trinajstić information content (AvgIpc) is 2.82. The Labute approximate surface area is 105 Å². The molecule has 2 rings (SSSR count). The van der Waals surface area contributed by atoms with Crippen LogP contribution in [-0.4, -0.2) is 27.1 Å². The van der Waals surface area contributed by atoms with Crippen LogP contribution in [0.3, 0.4) is 0 Å². The smallest absolute Gasteiger partial charge is 0.315 e. The van der Waals surface area contributed by atoms with Gasteiger partial charge in [-0.15, -0.1) is 0 Å². The lowest BCUT2D eigenvalue weighted by Gasteiger charge is -2.10. The maximum Gasteiger partial charge on any atom is 0.315 e. The highest BCUT2D eigenvalue weighted by Gasteiger charge is 2.17. The first kappa shape index (κ1) is 12.4. The van der Waals surface area contributed by atoms with Crippen molar-refractivity contribution in [2.24, 2.45) is 0 Å². The fraction of sp³-hybridized carbons (Fsp3) is 0.100. The second-order valence-electron chi connectivity index (χ2n) is 3.29. The normalized spacial score (nSPS) is 10.7. The highest BCUT2D eigenvalue weighted by Crippen LogP contribution is 2.24. The van der Waals surface area contributed by atoms with Crippen LogP contribution < -0.4 is 5.32 Å². The number of hydrogen-bond acceptors (Lipinski definition) is 3. The van der Waals surface area contributed by atoms with Gasteiger partial charge in [0.1, 0.15) is 12.7 Å². The molecule has 1 heterocycles. The standard InChI is InChI=1S/C10H7ClF2N4O/c11-6-1-2-8(17-5-14-4-15-17)7(3-6)16-10(18)9(12)13/h1-5,9H,(H,16,18). The number of hydrogen-bond donors (Lipinski definition) is 1. The van der Waals surface area contributed by atoms with Gasteiger partial charge in [-0.3, -0.25) is 4.79 Å². The predicted molar refractivity (Wildman–Crippen MR) is 61.0 cm³/mol. The fourth-order valence-corrected chi connectivity index (χ4v) is 1.50. The minimum absolute atomic E-state index is 0.137. The minimum Gasteiger partial charge on any atom is -0.319 e. The number of carbonyl (C=O) groups is 1. The monoisotopic (exact) mass is 272 g/mol. The van der Waals surface area contributed by atoms with Crippen LogP contribution >= 0.6 is 11.6 Å². The second kappa shape index (κ2) is 5.09. The lowest BCUT2D eigenvalue weighted by Crippen LogP contribution is -2.21. The van der Waals surface area contributed by atoms with Crippen LogP contribution in [0, 0.1) is 0 Å². The van der Waals surface area contributed by atoms with Gasteiger partial charge >= 0.3 is 6.43 Å². The van der Waals surface area contributed by atoms with E-state index in [2.05, 4.69) is 15.4 Å². The van der Waals surface area contributed by atoms with Crippen molar-refractivity contribution in [3.63, 3.8) is 0 Å². The first-order chi connectivity index (χ1) is 8.58. The summed E-state index contributed by atoms with van der Waals surface area (Å²) in [5.41, 5.74) is 0.532. The molecule has 0 unspecified atom stereocenters. The number of alkyl halides is 2.